The van der Waals surface area contributed by atoms with Gasteiger partial charge in [-0.15, -0.1) is 0 Å². The summed E-state index contributed by atoms with van der Waals surface area (Å²) in [7, 11) is -1.35. The molecule has 0 aliphatic carbocycles. The van der Waals surface area contributed by atoms with E-state index in [0.717, 1.165) is 4.31 Å². The van der Waals surface area contributed by atoms with E-state index < -0.39 is 38.3 Å². The minimum Gasteiger partial charge on any atom is -0.504 e. The van der Waals surface area contributed by atoms with E-state index in [4.69, 9.17) is 4.42 Å². The lowest BCUT2D eigenvalue weighted by atomic mass is 9.97. The summed E-state index contributed by atoms with van der Waals surface area (Å²) < 4.78 is 46.1. The van der Waals surface area contributed by atoms with E-state index in [-0.39, 0.29) is 27.7 Å². The lowest BCUT2D eigenvalue weighted by molar-refractivity contribution is 0.169. The third-order valence-corrected chi connectivity index (χ3v) is 6.80. The molecule has 1 atom stereocenters. The number of alkyl halides is 1. The molecule has 0 amide bonds. The molecule has 0 spiro atoms. The number of para-hydroxylation sites is 1. The minimum atomic E-state index is -3.97. The van der Waals surface area contributed by atoms with E-state index in [1.54, 1.807) is 19.1 Å². The van der Waals surface area contributed by atoms with Crippen LogP contribution in [0.2, 0.25) is 0 Å². The van der Waals surface area contributed by atoms with Crippen molar-refractivity contribution in [3.05, 3.63) is 62.3 Å². The Morgan fingerprint density at radius 1 is 1.09 bits per heavy atom. The molecule has 1 heterocycles. The Bertz CT molecular complexity index is 1330. The highest BCUT2D eigenvalue weighted by atomic mass is 32.2. The predicted octanol–water partition coefficient (Wildman–Crippen LogP) is 2.78. The number of anilines is 3. The number of nitrogens with zero attached hydrogens (tertiary/aromatic N) is 1. The highest BCUT2D eigenvalue weighted by Crippen LogP contribution is 2.37. The van der Waals surface area contributed by atoms with Crippen molar-refractivity contribution in [1.29, 1.82) is 0 Å². The zero-order valence-corrected chi connectivity index (χ0v) is 19.0. The number of sulfonamides is 1. The fourth-order valence-corrected chi connectivity index (χ4v) is 4.14. The van der Waals surface area contributed by atoms with Crippen molar-refractivity contribution in [3.8, 4) is 5.75 Å². The van der Waals surface area contributed by atoms with Gasteiger partial charge in [-0.1, -0.05) is 6.07 Å². The van der Waals surface area contributed by atoms with Gasteiger partial charge in [-0.3, -0.25) is 9.59 Å². The molecule has 1 aromatic heterocycles. The third kappa shape index (κ3) is 4.13. The van der Waals surface area contributed by atoms with E-state index in [1.807, 2.05) is 0 Å². The molecule has 3 rings (SSSR count). The molecule has 3 aromatic rings. The monoisotopic (exact) mass is 465 g/mol. The molecular formula is C21H24FN3O6S. The van der Waals surface area contributed by atoms with Crippen LogP contribution in [-0.2, 0) is 10.0 Å². The van der Waals surface area contributed by atoms with E-state index in [9.17, 15) is 27.5 Å². The van der Waals surface area contributed by atoms with E-state index in [1.165, 1.54) is 46.1 Å². The quantitative estimate of drug-likeness (QED) is 0.342. The van der Waals surface area contributed by atoms with Gasteiger partial charge in [-0.2, -0.15) is 0 Å². The van der Waals surface area contributed by atoms with Crippen LogP contribution in [0.1, 0.15) is 31.4 Å². The molecule has 2 aromatic carbocycles. The number of hydrogen-bond donors (Lipinski definition) is 3. The first-order valence-electron chi connectivity index (χ1n) is 9.61. The second kappa shape index (κ2) is 8.06. The number of benzene rings is 1. The summed E-state index contributed by atoms with van der Waals surface area (Å²) in [5.41, 5.74) is -4.15. The standard InChI is InChI=1S/C21H24FN3O6S/c1-11-9-10-13(31-11)20(21(2,3)22)24-16-15(18(27)19(16)28)23-12-7-6-8-14(17(12)26)32(29,30)25(4)5/h6-10,20,23-24,26H,1-5H3/t20-/m0/s1. The SMILES string of the molecule is Cc1ccc([C@H](Nc2c(Nc3cccc(S(=O)(=O)N(C)C)c3O)c(=O)c2=O)C(C)(C)F)o1. The molecule has 0 unspecified atom stereocenters. The molecule has 0 fully saturated rings. The predicted molar refractivity (Wildman–Crippen MR) is 119 cm³/mol. The van der Waals surface area contributed by atoms with Crippen molar-refractivity contribution in [1.82, 2.24) is 4.31 Å². The number of hydrogen-bond acceptors (Lipinski definition) is 8. The van der Waals surface area contributed by atoms with Crippen molar-refractivity contribution in [2.24, 2.45) is 0 Å². The van der Waals surface area contributed by atoms with Gasteiger partial charge in [0.1, 0.15) is 39.5 Å². The molecule has 11 heteroatoms. The van der Waals surface area contributed by atoms with Gasteiger partial charge in [0, 0.05) is 14.1 Å². The van der Waals surface area contributed by atoms with Crippen LogP contribution in [-0.4, -0.2) is 37.6 Å². The van der Waals surface area contributed by atoms with Gasteiger partial charge in [-0.25, -0.2) is 17.1 Å². The molecule has 0 bridgehead atoms. The summed E-state index contributed by atoms with van der Waals surface area (Å²) in [6, 6.07) is 6.04. The van der Waals surface area contributed by atoms with Gasteiger partial charge in [-0.05, 0) is 45.0 Å². The van der Waals surface area contributed by atoms with Crippen LogP contribution in [0.3, 0.4) is 0 Å². The molecular weight excluding hydrogens is 441 g/mol. The average molecular weight is 466 g/mol. The maximum atomic E-state index is 14.9. The van der Waals surface area contributed by atoms with E-state index in [0.29, 0.717) is 5.76 Å². The normalized spacial score (nSPS) is 13.5. The Morgan fingerprint density at radius 2 is 1.72 bits per heavy atom. The van der Waals surface area contributed by atoms with Crippen molar-refractivity contribution in [2.75, 3.05) is 24.7 Å². The van der Waals surface area contributed by atoms with E-state index in [2.05, 4.69) is 10.6 Å². The Morgan fingerprint density at radius 3 is 2.25 bits per heavy atom. The Labute approximate surface area is 184 Å². The highest BCUT2D eigenvalue weighted by molar-refractivity contribution is 7.89. The van der Waals surface area contributed by atoms with Crippen LogP contribution in [0.5, 0.6) is 5.75 Å². The van der Waals surface area contributed by atoms with Crippen LogP contribution in [0.25, 0.3) is 0 Å². The molecule has 9 nitrogen and oxygen atoms in total. The fourth-order valence-electron chi connectivity index (χ4n) is 3.15. The van der Waals surface area contributed by atoms with Crippen LogP contribution in [0, 0.1) is 6.92 Å². The number of nitrogens with one attached hydrogen (secondary N) is 2. The topological polar surface area (TPSA) is 129 Å². The number of rotatable bonds is 8. The Kier molecular flexibility index (Phi) is 5.92. The number of phenolic OH excluding ortho intramolecular Hbond substituents is 1. The maximum Gasteiger partial charge on any atom is 0.253 e. The minimum absolute atomic E-state index is 0.104. The number of halogens is 1. The van der Waals surface area contributed by atoms with Crippen LogP contribution in [0.4, 0.5) is 21.5 Å². The number of furan rings is 1. The molecule has 0 radical (unpaired) electrons. The highest BCUT2D eigenvalue weighted by Gasteiger charge is 2.36. The van der Waals surface area contributed by atoms with Crippen LogP contribution >= 0.6 is 0 Å². The van der Waals surface area contributed by atoms with Gasteiger partial charge in [0.05, 0.1) is 5.69 Å². The van der Waals surface area contributed by atoms with Gasteiger partial charge < -0.3 is 20.2 Å². The van der Waals surface area contributed by atoms with Crippen molar-refractivity contribution < 1.29 is 22.3 Å². The maximum absolute atomic E-state index is 14.9. The summed E-state index contributed by atoms with van der Waals surface area (Å²) in [6.45, 7) is 4.28. The summed E-state index contributed by atoms with van der Waals surface area (Å²) in [5.74, 6) is 0.156. The second-order valence-corrected chi connectivity index (χ2v) is 10.2. The summed E-state index contributed by atoms with van der Waals surface area (Å²) in [4.78, 5) is 24.1. The van der Waals surface area contributed by atoms with E-state index >= 15 is 0 Å². The van der Waals surface area contributed by atoms with Crippen LogP contribution in [0.15, 0.2) is 49.2 Å². The number of aromatic hydroxyl groups is 1. The Balaban J connectivity index is 1.99. The largest absolute Gasteiger partial charge is 0.504 e. The smallest absolute Gasteiger partial charge is 0.253 e. The summed E-state index contributed by atoms with van der Waals surface area (Å²) in [5, 5.41) is 15.8. The van der Waals surface area contributed by atoms with Gasteiger partial charge in [0.25, 0.3) is 10.9 Å². The van der Waals surface area contributed by atoms with Crippen LogP contribution < -0.4 is 21.5 Å². The molecule has 0 saturated carbocycles. The first kappa shape index (κ1) is 23.5. The van der Waals surface area contributed by atoms with Crippen molar-refractivity contribution >= 4 is 27.1 Å². The van der Waals surface area contributed by atoms with Gasteiger partial charge >= 0.3 is 0 Å². The summed E-state index contributed by atoms with van der Waals surface area (Å²) >= 11 is 0. The molecule has 0 aliphatic heterocycles. The first-order valence-corrected chi connectivity index (χ1v) is 11.1. The lowest BCUT2D eigenvalue weighted by Gasteiger charge is -2.28. The van der Waals surface area contributed by atoms with Crippen molar-refractivity contribution in [3.63, 3.8) is 0 Å². The van der Waals surface area contributed by atoms with Gasteiger partial charge in [0.15, 0.2) is 5.75 Å². The molecule has 172 valence electrons. The first-order chi connectivity index (χ1) is 14.7. The third-order valence-electron chi connectivity index (χ3n) is 4.95. The zero-order chi connectivity index (χ0) is 24.0. The average Bonchev–Trinajstić information content (AvgIpc) is 3.12. The second-order valence-electron chi connectivity index (χ2n) is 8.06. The zero-order valence-electron chi connectivity index (χ0n) is 18.2. The van der Waals surface area contributed by atoms with Crippen molar-refractivity contribution in [2.45, 2.75) is 37.4 Å². The lowest BCUT2D eigenvalue weighted by Crippen LogP contribution is -2.40. The summed E-state index contributed by atoms with van der Waals surface area (Å²) in [6.07, 6.45) is 0. The molecule has 32 heavy (non-hydrogen) atoms. The van der Waals surface area contributed by atoms with Gasteiger partial charge in [0.2, 0.25) is 10.0 Å². The number of aryl methyl sites for hydroxylation is 1. The Hall–Kier alpha value is -3.18. The fraction of sp³-hybridized carbons (Fsp3) is 0.333. The molecule has 0 saturated heterocycles. The molecule has 3 N–H and O–H groups in total. The molecule has 0 aliphatic rings. The number of phenols is 1.